The van der Waals surface area contributed by atoms with Gasteiger partial charge in [0.2, 0.25) is 5.91 Å². The number of anilines is 2. The Labute approximate surface area is 151 Å². The lowest BCUT2D eigenvalue weighted by Crippen LogP contribution is -2.49. The molecule has 0 unspecified atom stereocenters. The third-order valence-electron chi connectivity index (χ3n) is 4.77. The molecule has 4 rings (SSSR count). The number of hydrogen-bond acceptors (Lipinski definition) is 6. The fourth-order valence-electron chi connectivity index (χ4n) is 3.23. The van der Waals surface area contributed by atoms with Gasteiger partial charge in [-0.3, -0.25) is 4.79 Å². The average Bonchev–Trinajstić information content (AvgIpc) is 3.15. The predicted molar refractivity (Wildman–Crippen MR) is 98.8 cm³/mol. The van der Waals surface area contributed by atoms with Crippen molar-refractivity contribution >= 4 is 23.1 Å². The number of benzene rings is 1. The Morgan fingerprint density at radius 3 is 2.69 bits per heavy atom. The highest BCUT2D eigenvalue weighted by Crippen LogP contribution is 2.16. The topological polar surface area (TPSA) is 92.7 Å². The first-order valence-corrected chi connectivity index (χ1v) is 8.74. The molecule has 0 aliphatic carbocycles. The highest BCUT2D eigenvalue weighted by molar-refractivity contribution is 5.77. The number of para-hydroxylation sites is 1. The third-order valence-corrected chi connectivity index (χ3v) is 4.77. The van der Waals surface area contributed by atoms with E-state index >= 15 is 0 Å². The van der Waals surface area contributed by atoms with Crippen molar-refractivity contribution in [3.63, 3.8) is 0 Å². The number of fused-ring (bicyclic) bond motifs is 1. The molecule has 0 bridgehead atoms. The van der Waals surface area contributed by atoms with E-state index in [1.807, 2.05) is 41.3 Å². The Kier molecular flexibility index (Phi) is 4.39. The number of carbonyl (C=O) groups is 1. The van der Waals surface area contributed by atoms with Gasteiger partial charge >= 0.3 is 0 Å². The molecule has 1 aliphatic rings. The van der Waals surface area contributed by atoms with E-state index in [0.717, 1.165) is 35.8 Å². The summed E-state index contributed by atoms with van der Waals surface area (Å²) in [6.45, 7) is 2.93. The van der Waals surface area contributed by atoms with E-state index in [1.54, 1.807) is 10.8 Å². The van der Waals surface area contributed by atoms with Crippen LogP contribution >= 0.6 is 0 Å². The minimum atomic E-state index is 0.176. The van der Waals surface area contributed by atoms with Crippen LogP contribution in [-0.4, -0.2) is 56.8 Å². The Balaban J connectivity index is 1.32. The van der Waals surface area contributed by atoms with E-state index in [9.17, 15) is 4.79 Å². The zero-order chi connectivity index (χ0) is 17.9. The Morgan fingerprint density at radius 2 is 1.88 bits per heavy atom. The number of nitrogen functional groups attached to an aromatic ring is 1. The second-order valence-electron chi connectivity index (χ2n) is 6.39. The van der Waals surface area contributed by atoms with Crippen LogP contribution in [0.1, 0.15) is 12.0 Å². The van der Waals surface area contributed by atoms with Gasteiger partial charge in [-0.25, -0.2) is 0 Å². The molecule has 2 N–H and O–H groups in total. The standard InChI is InChI=1S/C18H21N7O/c19-15-4-2-1-3-14(15)5-8-18(26)24-11-9-23(10-12-24)17-7-6-16-21-20-13-25(16)22-17/h1-4,6-7,13H,5,8-12,19H2. The van der Waals surface area contributed by atoms with Crippen molar-refractivity contribution in [1.82, 2.24) is 24.7 Å². The SMILES string of the molecule is Nc1ccccc1CCC(=O)N1CCN(c2ccc3nncn3n2)CC1. The van der Waals surface area contributed by atoms with Gasteiger partial charge in [-0.2, -0.15) is 4.52 Å². The van der Waals surface area contributed by atoms with E-state index in [2.05, 4.69) is 20.2 Å². The summed E-state index contributed by atoms with van der Waals surface area (Å²) in [5.74, 6) is 1.05. The van der Waals surface area contributed by atoms with E-state index in [4.69, 9.17) is 5.73 Å². The molecule has 26 heavy (non-hydrogen) atoms. The second kappa shape index (κ2) is 6.99. The smallest absolute Gasteiger partial charge is 0.223 e. The maximum Gasteiger partial charge on any atom is 0.223 e. The zero-order valence-electron chi connectivity index (χ0n) is 14.5. The molecular weight excluding hydrogens is 330 g/mol. The number of piperazine rings is 1. The van der Waals surface area contributed by atoms with Crippen molar-refractivity contribution in [2.45, 2.75) is 12.8 Å². The van der Waals surface area contributed by atoms with Crippen LogP contribution in [0.3, 0.4) is 0 Å². The average molecular weight is 351 g/mol. The highest BCUT2D eigenvalue weighted by atomic mass is 16.2. The summed E-state index contributed by atoms with van der Waals surface area (Å²) < 4.78 is 1.66. The van der Waals surface area contributed by atoms with Crippen LogP contribution in [0.2, 0.25) is 0 Å². The van der Waals surface area contributed by atoms with Gasteiger partial charge in [-0.15, -0.1) is 15.3 Å². The van der Waals surface area contributed by atoms with Gasteiger partial charge in [0, 0.05) is 38.3 Å². The van der Waals surface area contributed by atoms with Gasteiger partial charge in [0.05, 0.1) is 0 Å². The molecule has 1 aromatic carbocycles. The lowest BCUT2D eigenvalue weighted by Gasteiger charge is -2.35. The van der Waals surface area contributed by atoms with E-state index in [1.165, 1.54) is 0 Å². The van der Waals surface area contributed by atoms with Gasteiger partial charge in [-0.05, 0) is 30.2 Å². The molecule has 1 fully saturated rings. The molecular formula is C18H21N7O. The third kappa shape index (κ3) is 3.30. The van der Waals surface area contributed by atoms with Crippen LogP contribution in [0.25, 0.3) is 5.65 Å². The quantitative estimate of drug-likeness (QED) is 0.705. The van der Waals surface area contributed by atoms with E-state index < -0.39 is 0 Å². The minimum absolute atomic E-state index is 0.176. The Hall–Kier alpha value is -3.16. The second-order valence-corrected chi connectivity index (χ2v) is 6.39. The molecule has 0 spiro atoms. The fourth-order valence-corrected chi connectivity index (χ4v) is 3.23. The van der Waals surface area contributed by atoms with Crippen molar-refractivity contribution < 1.29 is 4.79 Å². The molecule has 3 heterocycles. The number of nitrogens with two attached hydrogens (primary N) is 1. The number of nitrogens with zero attached hydrogens (tertiary/aromatic N) is 6. The summed E-state index contributed by atoms with van der Waals surface area (Å²) in [5, 5.41) is 12.3. The van der Waals surface area contributed by atoms with Gasteiger partial charge in [-0.1, -0.05) is 18.2 Å². The zero-order valence-corrected chi connectivity index (χ0v) is 14.5. The van der Waals surface area contributed by atoms with Crippen LogP contribution in [-0.2, 0) is 11.2 Å². The lowest BCUT2D eigenvalue weighted by atomic mass is 10.1. The van der Waals surface area contributed by atoms with Crippen LogP contribution in [0.5, 0.6) is 0 Å². The molecule has 1 aliphatic heterocycles. The Morgan fingerprint density at radius 1 is 1.08 bits per heavy atom. The maximum atomic E-state index is 12.5. The van der Waals surface area contributed by atoms with Gasteiger partial charge in [0.25, 0.3) is 0 Å². The number of carbonyl (C=O) groups excluding carboxylic acids is 1. The fraction of sp³-hybridized carbons (Fsp3) is 0.333. The van der Waals surface area contributed by atoms with Gasteiger partial charge in [0.15, 0.2) is 5.65 Å². The highest BCUT2D eigenvalue weighted by Gasteiger charge is 2.22. The van der Waals surface area contributed by atoms with Crippen molar-refractivity contribution in [3.05, 3.63) is 48.3 Å². The molecule has 8 heteroatoms. The number of aromatic nitrogens is 4. The summed E-state index contributed by atoms with van der Waals surface area (Å²) in [5.41, 5.74) is 8.46. The maximum absolute atomic E-state index is 12.5. The van der Waals surface area contributed by atoms with E-state index in [-0.39, 0.29) is 5.91 Å². The van der Waals surface area contributed by atoms with Crippen molar-refractivity contribution in [3.8, 4) is 0 Å². The van der Waals surface area contributed by atoms with Gasteiger partial charge < -0.3 is 15.5 Å². The molecule has 8 nitrogen and oxygen atoms in total. The predicted octanol–water partition coefficient (Wildman–Crippen LogP) is 0.988. The first-order chi connectivity index (χ1) is 12.7. The van der Waals surface area contributed by atoms with Crippen molar-refractivity contribution in [2.24, 2.45) is 0 Å². The molecule has 1 amide bonds. The minimum Gasteiger partial charge on any atom is -0.399 e. The summed E-state index contributed by atoms with van der Waals surface area (Å²) in [6, 6.07) is 11.6. The summed E-state index contributed by atoms with van der Waals surface area (Å²) >= 11 is 0. The molecule has 0 radical (unpaired) electrons. The monoisotopic (exact) mass is 351 g/mol. The summed E-state index contributed by atoms with van der Waals surface area (Å²) in [7, 11) is 0. The molecule has 2 aromatic heterocycles. The normalized spacial score (nSPS) is 14.8. The number of aryl methyl sites for hydroxylation is 1. The largest absolute Gasteiger partial charge is 0.399 e. The molecule has 0 saturated carbocycles. The molecule has 1 saturated heterocycles. The number of rotatable bonds is 4. The van der Waals surface area contributed by atoms with Crippen LogP contribution in [0, 0.1) is 0 Å². The molecule has 0 atom stereocenters. The summed E-state index contributed by atoms with van der Waals surface area (Å²) in [6.07, 6.45) is 2.75. The van der Waals surface area contributed by atoms with Crippen molar-refractivity contribution in [2.75, 3.05) is 36.8 Å². The van der Waals surface area contributed by atoms with Crippen LogP contribution < -0.4 is 10.6 Å². The van der Waals surface area contributed by atoms with Crippen LogP contribution in [0.15, 0.2) is 42.7 Å². The Bertz CT molecular complexity index is 915. The molecule has 134 valence electrons. The van der Waals surface area contributed by atoms with E-state index in [0.29, 0.717) is 25.9 Å². The number of hydrogen-bond donors (Lipinski definition) is 1. The summed E-state index contributed by atoms with van der Waals surface area (Å²) in [4.78, 5) is 16.6. The number of amides is 1. The van der Waals surface area contributed by atoms with Crippen LogP contribution in [0.4, 0.5) is 11.5 Å². The van der Waals surface area contributed by atoms with Crippen molar-refractivity contribution in [1.29, 1.82) is 0 Å². The molecule has 3 aromatic rings. The first-order valence-electron chi connectivity index (χ1n) is 8.74. The lowest BCUT2D eigenvalue weighted by molar-refractivity contribution is -0.131. The first kappa shape index (κ1) is 16.3. The van der Waals surface area contributed by atoms with Gasteiger partial charge in [0.1, 0.15) is 12.1 Å².